The van der Waals surface area contributed by atoms with Gasteiger partial charge >= 0.3 is 0 Å². The first kappa shape index (κ1) is 106. The van der Waals surface area contributed by atoms with E-state index in [1.807, 2.05) is 114 Å². The van der Waals surface area contributed by atoms with Crippen LogP contribution in [0, 0.1) is 28.6 Å². The zero-order valence-electron chi connectivity index (χ0n) is 85.7. The molecule has 1 saturated carbocycles. The highest BCUT2D eigenvalue weighted by Gasteiger charge is 2.53. The number of carbonyl (C=O) groups is 4. The van der Waals surface area contributed by atoms with Gasteiger partial charge in [0.05, 0.1) is 46.9 Å². The van der Waals surface area contributed by atoms with Gasteiger partial charge in [-0.05, 0) is 240 Å². The third kappa shape index (κ3) is 24.6. The number of carbonyl (C=O) groups excluding carboxylic acids is 4. The lowest BCUT2D eigenvalue weighted by Gasteiger charge is -2.52. The number of nitrogens with one attached hydrogen (secondary N) is 4. The number of rotatable bonds is 31. The second-order valence-electron chi connectivity index (χ2n) is 40.3. The maximum atomic E-state index is 13.1. The average Bonchev–Trinajstić information content (AvgIpc) is 1.58. The van der Waals surface area contributed by atoms with E-state index in [9.17, 15) is 38.4 Å². The monoisotopic (exact) mass is 2070 g/mol. The van der Waals surface area contributed by atoms with Crippen LogP contribution in [0.25, 0.3) is 43.6 Å². The Hall–Kier alpha value is -12.6. The molecule has 39 heteroatoms. The van der Waals surface area contributed by atoms with Gasteiger partial charge in [0, 0.05) is 174 Å². The molecule has 2 unspecified atom stereocenters. The van der Waals surface area contributed by atoms with Crippen LogP contribution in [0.1, 0.15) is 158 Å². The largest absolute Gasteiger partial charge is 0.480 e. The summed E-state index contributed by atoms with van der Waals surface area (Å²) in [5, 5.41) is 18.2. The van der Waals surface area contributed by atoms with Gasteiger partial charge in [0.15, 0.2) is 69.4 Å². The van der Waals surface area contributed by atoms with Gasteiger partial charge < -0.3 is 92.8 Å². The predicted octanol–water partition coefficient (Wildman–Crippen LogP) is 17.8. The van der Waals surface area contributed by atoms with Crippen molar-refractivity contribution in [2.45, 2.75) is 158 Å². The van der Waals surface area contributed by atoms with E-state index < -0.39 is 0 Å². The van der Waals surface area contributed by atoms with E-state index in [1.165, 1.54) is 43.6 Å². The summed E-state index contributed by atoms with van der Waals surface area (Å²) in [6.45, 7) is 34.6. The molecule has 8 aromatic heterocycles. The number of ketones is 4. The maximum absolute atomic E-state index is 13.1. The second-order valence-corrected chi connectivity index (χ2v) is 42.0. The molecule has 4 aromatic carbocycles. The van der Waals surface area contributed by atoms with Crippen molar-refractivity contribution in [2.24, 2.45) is 35.6 Å². The van der Waals surface area contributed by atoms with Gasteiger partial charge in [-0.1, -0.05) is 81.0 Å². The van der Waals surface area contributed by atoms with Crippen molar-refractivity contribution < 1.29 is 38.1 Å². The molecule has 774 valence electrons. The molecule has 146 heavy (non-hydrogen) atoms. The summed E-state index contributed by atoms with van der Waals surface area (Å²) in [6.07, 6.45) is 15.1. The first-order chi connectivity index (χ1) is 70.0. The molecule has 0 bridgehead atoms. The SMILES string of the molecule is CCC(=O)COc1cc2cc(Nc3nc(N4CC5C(C)C5C4)ncc3Cl)ccc2n(C(C)C)c1=O.CCC(=O)COc1cc2cc(Nc3nc(N4CCC5(CC4)CN(C)C5)ncc3Cl)ccc2n(C(C)C)c1=O.CCC(=O)COc1cc2cc(Nc3nc(N4CCC5(CCN(C)CC5)CC4)ncc3Cl)ccc2n(C(C)C)c1=O.CCC(=O)COc1cc2cc(Nc3nc(N4CCN(C)CC4)ncc3Cl)ccc2n(C)c1=O. The summed E-state index contributed by atoms with van der Waals surface area (Å²) < 4.78 is 28.9. The Labute approximate surface area is 869 Å². The average molecular weight is 2070 g/mol. The highest BCUT2D eigenvalue weighted by molar-refractivity contribution is 6.34. The van der Waals surface area contributed by atoms with E-state index in [4.69, 9.17) is 80.3 Å². The molecular weight excluding hydrogens is 1940 g/mol. The van der Waals surface area contributed by atoms with Crippen LogP contribution in [0.15, 0.2) is 141 Å². The zero-order valence-corrected chi connectivity index (χ0v) is 88.7. The molecule has 35 nitrogen and oxygen atoms in total. The third-order valence-corrected chi connectivity index (χ3v) is 30.1. The number of piperazine rings is 1. The summed E-state index contributed by atoms with van der Waals surface area (Å²) >= 11 is 25.8. The summed E-state index contributed by atoms with van der Waals surface area (Å²) in [5.74, 6) is 7.44. The van der Waals surface area contributed by atoms with Crippen molar-refractivity contribution in [2.75, 3.05) is 180 Å². The first-order valence-electron chi connectivity index (χ1n) is 50.5. The number of pyridine rings is 4. The lowest BCUT2D eigenvalue weighted by Crippen LogP contribution is -2.58. The Morgan fingerprint density at radius 2 is 0.630 bits per heavy atom. The number of aryl methyl sites for hydroxylation is 1. The number of anilines is 12. The highest BCUT2D eigenvalue weighted by Crippen LogP contribution is 2.52. The number of halogens is 4. The molecule has 0 amide bonds. The Balaban J connectivity index is 0.000000140. The van der Waals surface area contributed by atoms with Crippen molar-refractivity contribution in [3.63, 3.8) is 0 Å². The predicted molar refractivity (Wildman–Crippen MR) is 579 cm³/mol. The summed E-state index contributed by atoms with van der Waals surface area (Å²) in [7, 11) is 8.16. The number of fused-ring (bicyclic) bond motifs is 5. The van der Waals surface area contributed by atoms with Gasteiger partial charge in [-0.3, -0.25) is 38.4 Å². The normalized spacial score (nSPS) is 17.5. The van der Waals surface area contributed by atoms with Crippen molar-refractivity contribution in [3.05, 3.63) is 183 Å². The molecule has 12 aromatic rings. The van der Waals surface area contributed by atoms with Gasteiger partial charge in [0.25, 0.3) is 22.2 Å². The van der Waals surface area contributed by atoms with Crippen LogP contribution in [0.2, 0.25) is 20.1 Å². The Kier molecular flexibility index (Phi) is 33.6. The fourth-order valence-corrected chi connectivity index (χ4v) is 20.6. The number of Topliss-reactive ketones (excluding diaryl/α,β-unsaturated/α-hetero) is 4. The maximum Gasteiger partial charge on any atom is 0.293 e. The van der Waals surface area contributed by atoms with Gasteiger partial charge in [-0.25, -0.2) is 19.9 Å². The van der Waals surface area contributed by atoms with E-state index in [2.05, 4.69) is 109 Å². The fourth-order valence-electron chi connectivity index (χ4n) is 20.0. The van der Waals surface area contributed by atoms with E-state index in [1.54, 1.807) is 97.5 Å². The standard InChI is InChI=1S/C30H39ClN6O3.C28H35ClN6O3.C26H30ClN5O3.C23H27ClN6O3/c1-5-23(38)19-40-26-17-21-16-22(6-7-25(21)37(20(2)3)28(26)39)33-27-24(31)18-32-29(34-27)36-14-10-30(11-15-36)8-12-35(4)13-9-30;1-5-21(36)15-38-24-13-19-12-20(6-7-23(19)35(18(2)3)26(24)37)31-25-22(29)14-30-27(32-25)34-10-8-28(9-11-34)16-33(4)17-28;1-5-18(33)13-35-23-9-16-8-17(6-7-22(16)32(14(2)3)25(23)34)29-24-21(27)10-28-26(30-24)31-11-19-15(4)20(19)12-31;1-4-17(31)14-33-20-12-15-11-16(5-6-19(15)29(3)22(20)32)26-21-18(24)13-25-23(27-21)30-9-7-28(2)8-10-30/h6-7,16-18,20H,5,8-15,19H2,1-4H3,(H,32,33,34);6-7,12-14,18H,5,8-11,15-17H2,1-4H3,(H,30,31,32);6-10,14-15,19-20H,5,11-13H2,1-4H3,(H,28,29,30);5-6,11-13H,4,7-10,14H2,1-3H3,(H,25,26,27). The Bertz CT molecular complexity index is 7090. The topological polar surface area (TPSA) is 367 Å². The molecule has 6 saturated heterocycles. The van der Waals surface area contributed by atoms with E-state index in [0.29, 0.717) is 104 Å². The van der Waals surface area contributed by atoms with Crippen molar-refractivity contribution in [1.29, 1.82) is 0 Å². The second kappa shape index (κ2) is 46.2. The number of likely N-dealkylation sites (tertiary alicyclic amines) is 2. The highest BCUT2D eigenvalue weighted by atomic mass is 35.5. The number of aromatic nitrogens is 12. The minimum absolute atomic E-state index is 0.0598. The van der Waals surface area contributed by atoms with Crippen LogP contribution in [0.3, 0.4) is 0 Å². The van der Waals surface area contributed by atoms with Crippen LogP contribution < -0.4 is 82.1 Å². The van der Waals surface area contributed by atoms with Crippen molar-refractivity contribution >= 4 is 183 Å². The van der Waals surface area contributed by atoms with E-state index >= 15 is 0 Å². The van der Waals surface area contributed by atoms with Gasteiger partial charge in [-0.2, -0.15) is 19.9 Å². The number of nitrogens with zero attached hydrogens (tertiary/aromatic N) is 19. The first-order valence-corrected chi connectivity index (χ1v) is 52.0. The molecule has 1 aliphatic carbocycles. The lowest BCUT2D eigenvalue weighted by atomic mass is 9.71. The molecule has 2 atom stereocenters. The van der Waals surface area contributed by atoms with Crippen LogP contribution in [0.4, 0.5) is 69.8 Å². The molecule has 7 aliphatic rings. The van der Waals surface area contributed by atoms with Gasteiger partial charge in [0.2, 0.25) is 23.8 Å². The molecule has 14 heterocycles. The minimum atomic E-state index is -0.289. The van der Waals surface area contributed by atoms with Crippen LogP contribution >= 0.6 is 46.4 Å². The zero-order chi connectivity index (χ0) is 104. The Morgan fingerprint density at radius 3 is 0.938 bits per heavy atom. The van der Waals surface area contributed by atoms with Crippen LogP contribution in [0.5, 0.6) is 23.0 Å². The number of piperidine rings is 4. The molecule has 19 rings (SSSR count). The number of likely N-dealkylation sites (N-methyl/N-ethyl adjacent to an activating group) is 1. The van der Waals surface area contributed by atoms with Crippen molar-refractivity contribution in [3.8, 4) is 23.0 Å². The molecule has 7 fully saturated rings. The smallest absolute Gasteiger partial charge is 0.293 e. The quantitative estimate of drug-likeness (QED) is 0.0313. The summed E-state index contributed by atoms with van der Waals surface area (Å²) in [6, 6.07) is 29.3. The van der Waals surface area contributed by atoms with E-state index in [0.717, 1.165) is 175 Å². The van der Waals surface area contributed by atoms with Crippen molar-refractivity contribution in [1.82, 2.24) is 72.8 Å². The van der Waals surface area contributed by atoms with Gasteiger partial charge in [0.1, 0.15) is 46.5 Å². The number of hydrogen-bond acceptors (Lipinski definition) is 31. The molecule has 6 aliphatic heterocycles. The number of benzene rings is 4. The molecule has 2 spiro atoms. The summed E-state index contributed by atoms with van der Waals surface area (Å²) in [5.41, 5.74) is 6.00. The molecular formula is C107H131Cl4N23O12. The lowest BCUT2D eigenvalue weighted by molar-refractivity contribution is -0.121. The number of ether oxygens (including phenoxy) is 4. The van der Waals surface area contributed by atoms with Crippen LogP contribution in [-0.4, -0.2) is 235 Å². The molecule has 0 radical (unpaired) electrons. The third-order valence-electron chi connectivity index (χ3n) is 29.0. The van der Waals surface area contributed by atoms with Crippen LogP contribution in [-0.2, 0) is 26.2 Å². The van der Waals surface area contributed by atoms with Gasteiger partial charge in [-0.15, -0.1) is 0 Å². The summed E-state index contributed by atoms with van der Waals surface area (Å²) in [4.78, 5) is 152. The fraction of sp³-hybridized carbons (Fsp3) is 0.477. The molecule has 4 N–H and O–H groups in total. The minimum Gasteiger partial charge on any atom is -0.480 e. The Morgan fingerprint density at radius 1 is 0.356 bits per heavy atom. The van der Waals surface area contributed by atoms with E-state index in [-0.39, 0.29) is 113 Å². The number of hydrogen-bond donors (Lipinski definition) is 4.